The quantitative estimate of drug-likeness (QED) is 0.0855. The number of fused-ring (bicyclic) bond motifs is 2. The number of rotatable bonds is 19. The van der Waals surface area contributed by atoms with Crippen LogP contribution in [0.4, 0.5) is 0 Å². The summed E-state index contributed by atoms with van der Waals surface area (Å²) in [4.78, 5) is 45.8. The number of likely N-dealkylation sites (N-methyl/N-ethyl adjacent to an activating group) is 1. The standard InChI is InChI=1S/C28H34N4OS.C25H27ClN4OS/c1-5-25(31(17-16-30(3)4)19-23-13-11-21(2)12-14-23)26-29-27-24(15-18-34-27)28(33)32(26)20-22-9-7-6-8-10-22;1-2-22(29(14-13-27)16-19-8-10-20(26)11-9-19)23-28-24-21(12-15-32-24)25(31)30(23)17-18-6-4-3-5-7-18/h6-15,18,25H,5,16-17,19-20H2,1-4H3;3-12,15,22H,2,13-14,16-17,27H2,1H3. The SMILES string of the molecule is CCC(c1nc2sccc2c(=O)n1Cc1ccccc1)N(CCN(C)C)Cc1ccc(C)cc1.CCC(c1nc2sccc2c(=O)n1Cc1ccccc1)N(CCN)Cc1ccc(Cl)cc1. The Morgan fingerprint density at radius 1 is 0.591 bits per heavy atom. The summed E-state index contributed by atoms with van der Waals surface area (Å²) in [7, 11) is 4.21. The van der Waals surface area contributed by atoms with Crippen LogP contribution in [0.3, 0.4) is 0 Å². The van der Waals surface area contributed by atoms with Crippen molar-refractivity contribution in [1.82, 2.24) is 33.8 Å². The van der Waals surface area contributed by atoms with Crippen LogP contribution in [0, 0.1) is 6.92 Å². The third-order valence-corrected chi connectivity index (χ3v) is 13.8. The molecular weight excluding hydrogens is 880 g/mol. The summed E-state index contributed by atoms with van der Waals surface area (Å²) in [5, 5.41) is 5.99. The van der Waals surface area contributed by atoms with Gasteiger partial charge in [0.1, 0.15) is 21.3 Å². The summed E-state index contributed by atoms with van der Waals surface area (Å²) in [5.74, 6) is 1.65. The van der Waals surface area contributed by atoms with Crippen LogP contribution in [-0.4, -0.2) is 74.1 Å². The molecule has 10 nitrogen and oxygen atoms in total. The third kappa shape index (κ3) is 12.2. The van der Waals surface area contributed by atoms with Crippen LogP contribution < -0.4 is 16.9 Å². The first-order valence-electron chi connectivity index (χ1n) is 22.7. The van der Waals surface area contributed by atoms with Crippen molar-refractivity contribution in [1.29, 1.82) is 0 Å². The predicted molar refractivity (Wildman–Crippen MR) is 276 cm³/mol. The number of hydrogen-bond donors (Lipinski definition) is 1. The maximum atomic E-state index is 13.6. The second-order valence-electron chi connectivity index (χ2n) is 17.0. The maximum Gasteiger partial charge on any atom is 0.262 e. The van der Waals surface area contributed by atoms with Crippen LogP contribution in [0.25, 0.3) is 20.4 Å². The molecule has 2 unspecified atom stereocenters. The normalized spacial score (nSPS) is 12.6. The largest absolute Gasteiger partial charge is 0.329 e. The predicted octanol–water partition coefficient (Wildman–Crippen LogP) is 10.4. The van der Waals surface area contributed by atoms with Gasteiger partial charge in [-0.1, -0.05) is 128 Å². The molecule has 0 fully saturated rings. The van der Waals surface area contributed by atoms with Crippen molar-refractivity contribution in [2.75, 3.05) is 40.3 Å². The molecule has 4 heterocycles. The van der Waals surface area contributed by atoms with Crippen LogP contribution in [0.5, 0.6) is 0 Å². The Balaban J connectivity index is 0.000000197. The molecule has 0 bridgehead atoms. The second kappa shape index (κ2) is 23.4. The van der Waals surface area contributed by atoms with Gasteiger partial charge in [-0.05, 0) is 91.1 Å². The van der Waals surface area contributed by atoms with Crippen LogP contribution in [0.15, 0.2) is 142 Å². The third-order valence-electron chi connectivity index (χ3n) is 11.9. The molecule has 4 aromatic carbocycles. The van der Waals surface area contributed by atoms with E-state index in [1.807, 2.05) is 105 Å². The molecule has 0 aliphatic heterocycles. The summed E-state index contributed by atoms with van der Waals surface area (Å²) in [5.41, 5.74) is 11.9. The molecule has 8 rings (SSSR count). The Morgan fingerprint density at radius 3 is 1.45 bits per heavy atom. The van der Waals surface area contributed by atoms with Crippen molar-refractivity contribution >= 4 is 54.7 Å². The molecule has 13 heteroatoms. The van der Waals surface area contributed by atoms with Gasteiger partial charge < -0.3 is 10.6 Å². The highest BCUT2D eigenvalue weighted by molar-refractivity contribution is 7.17. The first kappa shape index (κ1) is 48.6. The lowest BCUT2D eigenvalue weighted by Crippen LogP contribution is -2.38. The van der Waals surface area contributed by atoms with Gasteiger partial charge in [0.05, 0.1) is 35.9 Å². The van der Waals surface area contributed by atoms with Crippen molar-refractivity contribution in [2.45, 2.75) is 71.9 Å². The minimum atomic E-state index is -0.0443. The molecule has 0 amide bonds. The Morgan fingerprint density at radius 2 is 1.03 bits per heavy atom. The van der Waals surface area contributed by atoms with Gasteiger partial charge in [-0.25, -0.2) is 9.97 Å². The minimum absolute atomic E-state index is 0.00717. The van der Waals surface area contributed by atoms with Crippen LogP contribution >= 0.6 is 34.3 Å². The van der Waals surface area contributed by atoms with E-state index in [1.54, 1.807) is 11.3 Å². The van der Waals surface area contributed by atoms with E-state index in [1.165, 1.54) is 22.5 Å². The lowest BCUT2D eigenvalue weighted by Gasteiger charge is -2.33. The average molecular weight is 942 g/mol. The molecule has 0 radical (unpaired) electrons. The highest BCUT2D eigenvalue weighted by atomic mass is 35.5. The van der Waals surface area contributed by atoms with Crippen molar-refractivity contribution in [2.24, 2.45) is 5.73 Å². The van der Waals surface area contributed by atoms with E-state index in [0.29, 0.717) is 48.5 Å². The summed E-state index contributed by atoms with van der Waals surface area (Å²) < 4.78 is 3.74. The van der Waals surface area contributed by atoms with E-state index in [0.717, 1.165) is 70.5 Å². The summed E-state index contributed by atoms with van der Waals surface area (Å²) in [6, 6.07) is 40.6. The van der Waals surface area contributed by atoms with Gasteiger partial charge in [0.2, 0.25) is 0 Å². The molecule has 0 aliphatic rings. The van der Waals surface area contributed by atoms with E-state index >= 15 is 0 Å². The van der Waals surface area contributed by atoms with Crippen molar-refractivity contribution in [3.63, 3.8) is 0 Å². The molecule has 2 N–H and O–H groups in total. The van der Waals surface area contributed by atoms with Gasteiger partial charge in [-0.2, -0.15) is 0 Å². The van der Waals surface area contributed by atoms with Crippen LogP contribution in [0.2, 0.25) is 5.02 Å². The number of aryl methyl sites for hydroxylation is 1. The van der Waals surface area contributed by atoms with Crippen molar-refractivity contribution in [3.05, 3.63) is 197 Å². The highest BCUT2D eigenvalue weighted by Crippen LogP contribution is 2.29. The van der Waals surface area contributed by atoms with Crippen molar-refractivity contribution < 1.29 is 0 Å². The molecule has 0 saturated heterocycles. The van der Waals surface area contributed by atoms with E-state index < -0.39 is 0 Å². The van der Waals surface area contributed by atoms with Crippen LogP contribution in [0.1, 0.15) is 78.2 Å². The molecule has 0 spiro atoms. The zero-order valence-corrected chi connectivity index (χ0v) is 41.0. The highest BCUT2D eigenvalue weighted by Gasteiger charge is 2.27. The second-order valence-corrected chi connectivity index (χ2v) is 19.2. The molecule has 8 aromatic rings. The summed E-state index contributed by atoms with van der Waals surface area (Å²) in [6.45, 7) is 12.0. The molecule has 66 heavy (non-hydrogen) atoms. The van der Waals surface area contributed by atoms with Gasteiger partial charge in [0.15, 0.2) is 0 Å². The van der Waals surface area contributed by atoms with E-state index in [2.05, 4.69) is 86.0 Å². The van der Waals surface area contributed by atoms with E-state index in [-0.39, 0.29) is 23.2 Å². The van der Waals surface area contributed by atoms with Gasteiger partial charge in [-0.15, -0.1) is 22.7 Å². The number of halogens is 1. The molecule has 4 aromatic heterocycles. The number of nitrogens with zero attached hydrogens (tertiary/aromatic N) is 7. The van der Waals surface area contributed by atoms with Crippen molar-refractivity contribution in [3.8, 4) is 0 Å². The van der Waals surface area contributed by atoms with Gasteiger partial charge >= 0.3 is 0 Å². The fraction of sp³-hybridized carbons (Fsp3) is 0.321. The number of hydrogen-bond acceptors (Lipinski definition) is 10. The lowest BCUT2D eigenvalue weighted by atomic mass is 10.1. The van der Waals surface area contributed by atoms with Crippen LogP contribution in [-0.2, 0) is 26.2 Å². The number of thiophene rings is 2. The molecule has 0 aliphatic carbocycles. The Labute approximate surface area is 401 Å². The molecule has 0 saturated carbocycles. The Hall–Kier alpha value is -5.31. The monoisotopic (exact) mass is 940 g/mol. The van der Waals surface area contributed by atoms with Gasteiger partial charge in [-0.3, -0.25) is 28.5 Å². The topological polar surface area (TPSA) is 106 Å². The van der Waals surface area contributed by atoms with E-state index in [9.17, 15) is 9.59 Å². The number of aromatic nitrogens is 4. The molecular formula is C53H61ClN8O2S2. The zero-order valence-electron chi connectivity index (χ0n) is 38.6. The first-order valence-corrected chi connectivity index (χ1v) is 24.9. The first-order chi connectivity index (χ1) is 32.1. The number of nitrogens with two attached hydrogens (primary N) is 1. The maximum absolute atomic E-state index is 13.6. The molecule has 2 atom stereocenters. The summed E-state index contributed by atoms with van der Waals surface area (Å²) >= 11 is 9.12. The number of benzene rings is 4. The average Bonchev–Trinajstić information content (AvgIpc) is 4.01. The minimum Gasteiger partial charge on any atom is -0.329 e. The van der Waals surface area contributed by atoms with E-state index in [4.69, 9.17) is 27.3 Å². The Kier molecular flexibility index (Phi) is 17.3. The smallest absolute Gasteiger partial charge is 0.262 e. The molecule has 344 valence electrons. The summed E-state index contributed by atoms with van der Waals surface area (Å²) in [6.07, 6.45) is 1.68. The van der Waals surface area contributed by atoms with Gasteiger partial charge in [0.25, 0.3) is 11.1 Å². The Bertz CT molecular complexity index is 2880. The van der Waals surface area contributed by atoms with Gasteiger partial charge in [0, 0.05) is 44.3 Å². The fourth-order valence-electron chi connectivity index (χ4n) is 8.42. The lowest BCUT2D eigenvalue weighted by molar-refractivity contribution is 0.156. The zero-order chi connectivity index (χ0) is 46.6. The fourth-order valence-corrected chi connectivity index (χ4v) is 10.1.